The van der Waals surface area contributed by atoms with Crippen LogP contribution in [0.25, 0.3) is 5.69 Å². The highest BCUT2D eigenvalue weighted by Crippen LogP contribution is 2.21. The summed E-state index contributed by atoms with van der Waals surface area (Å²) in [6.45, 7) is 1.77. The maximum atomic E-state index is 13.1. The van der Waals surface area contributed by atoms with Crippen LogP contribution in [-0.2, 0) is 11.2 Å². The fourth-order valence-electron chi connectivity index (χ4n) is 3.72. The largest absolute Gasteiger partial charge is 0.355 e. The Kier molecular flexibility index (Phi) is 6.05. The number of nitrogens with zero attached hydrogens (tertiary/aromatic N) is 3. The Morgan fingerprint density at radius 1 is 1.21 bits per heavy atom. The molecule has 0 saturated carbocycles. The number of carbonyl (C=O) groups is 2. The smallest absolute Gasteiger partial charge is 0.270 e. The Labute approximate surface area is 174 Å². The molecule has 0 spiro atoms. The molecular formula is C22H24N4O2S. The van der Waals surface area contributed by atoms with Gasteiger partial charge in [-0.3, -0.25) is 14.6 Å². The Morgan fingerprint density at radius 3 is 2.93 bits per heavy atom. The van der Waals surface area contributed by atoms with Crippen LogP contribution in [0.15, 0.2) is 60.4 Å². The van der Waals surface area contributed by atoms with Gasteiger partial charge in [-0.15, -0.1) is 11.3 Å². The van der Waals surface area contributed by atoms with Gasteiger partial charge in [0.15, 0.2) is 0 Å². The summed E-state index contributed by atoms with van der Waals surface area (Å²) in [7, 11) is 0. The fraction of sp³-hybridized carbons (Fsp3) is 0.318. The highest BCUT2D eigenvalue weighted by atomic mass is 32.1. The quantitative estimate of drug-likeness (QED) is 0.681. The third-order valence-electron chi connectivity index (χ3n) is 5.22. The minimum absolute atomic E-state index is 0.0432. The molecule has 150 valence electrons. The number of aromatic nitrogens is 2. The van der Waals surface area contributed by atoms with E-state index in [1.807, 2.05) is 46.5 Å². The molecule has 1 aliphatic rings. The highest BCUT2D eigenvalue weighted by Gasteiger charge is 2.29. The van der Waals surface area contributed by atoms with Gasteiger partial charge >= 0.3 is 0 Å². The molecule has 1 fully saturated rings. The van der Waals surface area contributed by atoms with E-state index in [4.69, 9.17) is 0 Å². The van der Waals surface area contributed by atoms with Crippen LogP contribution in [0, 0.1) is 5.92 Å². The summed E-state index contributed by atoms with van der Waals surface area (Å²) >= 11 is 1.70. The predicted octanol–water partition coefficient (Wildman–Crippen LogP) is 3.14. The standard InChI is InChI=1S/C22H24N4O2S/c27-21(24-11-9-19-7-4-14-29-19)17-5-2-12-25(16-17)22(28)20-8-3-13-26(20)18-6-1-10-23-15-18/h1,3-4,6-8,10,13-15,17H,2,5,9,11-12,16H2,(H,24,27). The van der Waals surface area contributed by atoms with Crippen molar-refractivity contribution in [2.75, 3.05) is 19.6 Å². The predicted molar refractivity (Wildman–Crippen MR) is 113 cm³/mol. The van der Waals surface area contributed by atoms with Crippen LogP contribution in [0.1, 0.15) is 28.2 Å². The van der Waals surface area contributed by atoms with Gasteiger partial charge in [0, 0.05) is 36.9 Å². The second-order valence-corrected chi connectivity index (χ2v) is 8.22. The zero-order valence-electron chi connectivity index (χ0n) is 16.2. The summed E-state index contributed by atoms with van der Waals surface area (Å²) in [5, 5.41) is 5.08. The average Bonchev–Trinajstić information content (AvgIpc) is 3.46. The van der Waals surface area contributed by atoms with Crippen LogP contribution in [0.4, 0.5) is 0 Å². The Bertz CT molecular complexity index is 952. The Morgan fingerprint density at radius 2 is 2.14 bits per heavy atom. The van der Waals surface area contributed by atoms with Crippen LogP contribution in [0.3, 0.4) is 0 Å². The van der Waals surface area contributed by atoms with Crippen LogP contribution in [-0.4, -0.2) is 45.9 Å². The number of carbonyl (C=O) groups excluding carboxylic acids is 2. The third kappa shape index (κ3) is 4.56. The number of amides is 2. The Hall–Kier alpha value is -2.93. The molecule has 1 N–H and O–H groups in total. The van der Waals surface area contributed by atoms with Gasteiger partial charge in [-0.2, -0.15) is 0 Å². The number of piperidine rings is 1. The second kappa shape index (κ2) is 9.05. The first kappa shape index (κ1) is 19.4. The minimum atomic E-state index is -0.155. The van der Waals surface area contributed by atoms with E-state index in [0.29, 0.717) is 25.3 Å². The molecule has 0 aliphatic carbocycles. The van der Waals surface area contributed by atoms with Gasteiger partial charge in [-0.1, -0.05) is 6.07 Å². The Balaban J connectivity index is 1.38. The van der Waals surface area contributed by atoms with Crippen LogP contribution >= 0.6 is 11.3 Å². The number of nitrogens with one attached hydrogen (secondary N) is 1. The van der Waals surface area contributed by atoms with Crippen molar-refractivity contribution in [3.63, 3.8) is 0 Å². The number of thiophene rings is 1. The lowest BCUT2D eigenvalue weighted by molar-refractivity contribution is -0.126. The lowest BCUT2D eigenvalue weighted by Gasteiger charge is -2.32. The summed E-state index contributed by atoms with van der Waals surface area (Å²) in [4.78, 5) is 33.0. The van der Waals surface area contributed by atoms with E-state index in [-0.39, 0.29) is 17.7 Å². The van der Waals surface area contributed by atoms with Gasteiger partial charge in [-0.25, -0.2) is 0 Å². The maximum Gasteiger partial charge on any atom is 0.270 e. The molecule has 1 saturated heterocycles. The first-order valence-electron chi connectivity index (χ1n) is 9.89. The first-order valence-corrected chi connectivity index (χ1v) is 10.8. The van der Waals surface area contributed by atoms with Crippen LogP contribution < -0.4 is 5.32 Å². The van der Waals surface area contributed by atoms with Crippen molar-refractivity contribution in [3.8, 4) is 5.69 Å². The lowest BCUT2D eigenvalue weighted by atomic mass is 9.96. The molecule has 1 atom stereocenters. The molecule has 0 aromatic carbocycles. The summed E-state index contributed by atoms with van der Waals surface area (Å²) in [5.74, 6) is -0.158. The van der Waals surface area contributed by atoms with Crippen LogP contribution in [0.5, 0.6) is 0 Å². The molecular weight excluding hydrogens is 384 g/mol. The molecule has 2 amide bonds. The molecule has 4 rings (SSSR count). The van der Waals surface area contributed by atoms with E-state index in [1.54, 1.807) is 28.6 Å². The minimum Gasteiger partial charge on any atom is -0.355 e. The van der Waals surface area contributed by atoms with E-state index in [2.05, 4.69) is 16.4 Å². The third-order valence-corrected chi connectivity index (χ3v) is 6.16. The zero-order valence-corrected chi connectivity index (χ0v) is 17.0. The van der Waals surface area contributed by atoms with Gasteiger partial charge in [0.25, 0.3) is 5.91 Å². The highest BCUT2D eigenvalue weighted by molar-refractivity contribution is 7.09. The van der Waals surface area contributed by atoms with E-state index >= 15 is 0 Å². The normalized spacial score (nSPS) is 16.6. The molecule has 7 heteroatoms. The molecule has 4 heterocycles. The molecule has 0 radical (unpaired) electrons. The molecule has 29 heavy (non-hydrogen) atoms. The second-order valence-electron chi connectivity index (χ2n) is 7.19. The van der Waals surface area contributed by atoms with E-state index in [9.17, 15) is 9.59 Å². The number of pyridine rings is 1. The molecule has 3 aromatic rings. The fourth-order valence-corrected chi connectivity index (χ4v) is 4.43. The zero-order chi connectivity index (χ0) is 20.1. The van der Waals surface area contributed by atoms with Gasteiger partial charge < -0.3 is 14.8 Å². The summed E-state index contributed by atoms with van der Waals surface area (Å²) in [5.41, 5.74) is 1.44. The van der Waals surface area contributed by atoms with Gasteiger partial charge in [-0.05, 0) is 55.0 Å². The lowest BCUT2D eigenvalue weighted by Crippen LogP contribution is -2.46. The number of rotatable bonds is 6. The van der Waals surface area contributed by atoms with Crippen molar-refractivity contribution in [1.82, 2.24) is 19.8 Å². The van der Waals surface area contributed by atoms with E-state index in [0.717, 1.165) is 24.9 Å². The number of hydrogen-bond acceptors (Lipinski definition) is 4. The van der Waals surface area contributed by atoms with Crippen molar-refractivity contribution < 1.29 is 9.59 Å². The SMILES string of the molecule is O=C(NCCc1cccs1)C1CCCN(C(=O)c2cccn2-c2cccnc2)C1. The van der Waals surface area contributed by atoms with Gasteiger partial charge in [0.05, 0.1) is 17.8 Å². The van der Waals surface area contributed by atoms with Crippen molar-refractivity contribution in [2.45, 2.75) is 19.3 Å². The van der Waals surface area contributed by atoms with E-state index < -0.39 is 0 Å². The van der Waals surface area contributed by atoms with Crippen molar-refractivity contribution in [2.24, 2.45) is 5.92 Å². The number of hydrogen-bond donors (Lipinski definition) is 1. The number of likely N-dealkylation sites (tertiary alicyclic amines) is 1. The maximum absolute atomic E-state index is 13.1. The molecule has 0 bridgehead atoms. The first-order chi connectivity index (χ1) is 14.2. The summed E-state index contributed by atoms with van der Waals surface area (Å²) in [6.07, 6.45) is 7.80. The molecule has 1 unspecified atom stereocenters. The summed E-state index contributed by atoms with van der Waals surface area (Å²) in [6, 6.07) is 11.5. The monoisotopic (exact) mass is 408 g/mol. The molecule has 1 aliphatic heterocycles. The summed E-state index contributed by atoms with van der Waals surface area (Å²) < 4.78 is 1.85. The van der Waals surface area contributed by atoms with E-state index in [1.165, 1.54) is 4.88 Å². The van der Waals surface area contributed by atoms with Crippen LogP contribution in [0.2, 0.25) is 0 Å². The molecule has 6 nitrogen and oxygen atoms in total. The topological polar surface area (TPSA) is 67.2 Å². The van der Waals surface area contributed by atoms with Crippen molar-refractivity contribution in [1.29, 1.82) is 0 Å². The van der Waals surface area contributed by atoms with Crippen molar-refractivity contribution >= 4 is 23.2 Å². The van der Waals surface area contributed by atoms with Gasteiger partial charge in [0.1, 0.15) is 5.69 Å². The van der Waals surface area contributed by atoms with Gasteiger partial charge in [0.2, 0.25) is 5.91 Å². The van der Waals surface area contributed by atoms with Crippen molar-refractivity contribution in [3.05, 3.63) is 70.9 Å². The average molecular weight is 409 g/mol. The molecule has 3 aromatic heterocycles.